The summed E-state index contributed by atoms with van der Waals surface area (Å²) in [5, 5.41) is 7.92. The van der Waals surface area contributed by atoms with Crippen LogP contribution < -0.4 is 15.5 Å². The van der Waals surface area contributed by atoms with Gasteiger partial charge in [-0.3, -0.25) is 4.90 Å². The van der Waals surface area contributed by atoms with Gasteiger partial charge in [-0.2, -0.15) is 0 Å². The maximum Gasteiger partial charge on any atom is 0.188 e. The molecule has 1 unspecified atom stereocenters. The van der Waals surface area contributed by atoms with Gasteiger partial charge in [0.05, 0.1) is 4.88 Å². The quantitative estimate of drug-likeness (QED) is 0.612. The van der Waals surface area contributed by atoms with Crippen LogP contribution in [0.1, 0.15) is 36.9 Å². The fourth-order valence-electron chi connectivity index (χ4n) is 5.30. The second-order valence-corrected chi connectivity index (χ2v) is 10.5. The molecular weight excluding hydrogens is 432 g/mol. The molecule has 8 nitrogen and oxygen atoms in total. The molecule has 2 N–H and O–H groups in total. The molecule has 0 saturated carbocycles. The highest BCUT2D eigenvalue weighted by atomic mass is 32.1. The van der Waals surface area contributed by atoms with Crippen LogP contribution in [0.5, 0.6) is 0 Å². The second kappa shape index (κ2) is 9.95. The zero-order chi connectivity index (χ0) is 22.8. The van der Waals surface area contributed by atoms with Crippen molar-refractivity contribution in [3.63, 3.8) is 0 Å². The van der Waals surface area contributed by atoms with Crippen molar-refractivity contribution >= 4 is 33.8 Å². The SMILES string of the molecule is C=C(NC1CN2CCC1CC2)c1cnc(Nc2cc(N3CCN(CCC)CC3)nc(C)n2)s1. The lowest BCUT2D eigenvalue weighted by Gasteiger charge is -2.45. The number of fused-ring (bicyclic) bond motifs is 3. The van der Waals surface area contributed by atoms with Gasteiger partial charge in [0.2, 0.25) is 0 Å². The lowest BCUT2D eigenvalue weighted by molar-refractivity contribution is 0.0802. The van der Waals surface area contributed by atoms with Crippen molar-refractivity contribution < 1.29 is 0 Å². The van der Waals surface area contributed by atoms with E-state index in [4.69, 9.17) is 4.98 Å². The Morgan fingerprint density at radius 2 is 1.94 bits per heavy atom. The monoisotopic (exact) mass is 468 g/mol. The van der Waals surface area contributed by atoms with Gasteiger partial charge >= 0.3 is 0 Å². The van der Waals surface area contributed by atoms with Crippen LogP contribution in [0.2, 0.25) is 0 Å². The molecule has 0 aromatic carbocycles. The van der Waals surface area contributed by atoms with Crippen LogP contribution >= 0.6 is 11.3 Å². The average molecular weight is 469 g/mol. The molecule has 1 atom stereocenters. The van der Waals surface area contributed by atoms with Crippen LogP contribution in [-0.4, -0.2) is 83.2 Å². The van der Waals surface area contributed by atoms with Crippen LogP contribution in [0.15, 0.2) is 18.8 Å². The predicted molar refractivity (Wildman–Crippen MR) is 136 cm³/mol. The summed E-state index contributed by atoms with van der Waals surface area (Å²) in [6.45, 7) is 17.5. The number of piperidine rings is 3. The minimum Gasteiger partial charge on any atom is -0.380 e. The van der Waals surface area contributed by atoms with Crippen molar-refractivity contribution in [3.8, 4) is 0 Å². The number of anilines is 3. The number of hydrogen-bond donors (Lipinski definition) is 2. The number of aromatic nitrogens is 3. The minimum atomic E-state index is 0.503. The predicted octanol–water partition coefficient (Wildman–Crippen LogP) is 3.17. The highest BCUT2D eigenvalue weighted by Gasteiger charge is 2.34. The number of nitrogens with zero attached hydrogens (tertiary/aromatic N) is 6. The van der Waals surface area contributed by atoms with Gasteiger partial charge in [-0.15, -0.1) is 0 Å². The summed E-state index contributed by atoms with van der Waals surface area (Å²) < 4.78 is 0. The summed E-state index contributed by atoms with van der Waals surface area (Å²) in [7, 11) is 0. The number of rotatable bonds is 8. The minimum absolute atomic E-state index is 0.503. The van der Waals surface area contributed by atoms with E-state index in [1.807, 2.05) is 19.2 Å². The summed E-state index contributed by atoms with van der Waals surface area (Å²) in [5.74, 6) is 3.33. The maximum absolute atomic E-state index is 4.70. The normalized spacial score (nSPS) is 25.3. The van der Waals surface area contributed by atoms with E-state index in [1.165, 1.54) is 38.9 Å². The van der Waals surface area contributed by atoms with E-state index in [1.54, 1.807) is 11.3 Å². The topological polar surface area (TPSA) is 72.5 Å². The molecule has 6 heterocycles. The largest absolute Gasteiger partial charge is 0.380 e. The van der Waals surface area contributed by atoms with Gasteiger partial charge < -0.3 is 20.4 Å². The molecule has 4 aliphatic heterocycles. The lowest BCUT2D eigenvalue weighted by Crippen LogP contribution is -2.55. The van der Waals surface area contributed by atoms with Crippen molar-refractivity contribution in [3.05, 3.63) is 29.5 Å². The molecule has 0 amide bonds. The molecule has 0 aliphatic carbocycles. The van der Waals surface area contributed by atoms with E-state index in [9.17, 15) is 0 Å². The van der Waals surface area contributed by atoms with Gasteiger partial charge in [-0.25, -0.2) is 15.0 Å². The Kier molecular flexibility index (Phi) is 6.80. The Balaban J connectivity index is 1.21. The molecule has 4 fully saturated rings. The first-order chi connectivity index (χ1) is 16.1. The van der Waals surface area contributed by atoms with Gasteiger partial charge in [-0.05, 0) is 51.7 Å². The van der Waals surface area contributed by atoms with Crippen LogP contribution in [-0.2, 0) is 0 Å². The van der Waals surface area contributed by atoms with E-state index in [-0.39, 0.29) is 0 Å². The Morgan fingerprint density at radius 3 is 2.64 bits per heavy atom. The molecule has 2 aromatic heterocycles. The number of aryl methyl sites for hydroxylation is 1. The van der Waals surface area contributed by atoms with Gasteiger partial charge in [0, 0.05) is 56.7 Å². The standard InChI is InChI=1S/C24H36N8S/c1-4-7-30-10-12-32(13-11-30)23-14-22(27-18(3)28-23)29-24-25-15-21(33-24)17(2)26-20-16-31-8-5-19(20)6-9-31/h14-15,19-20,26H,2,4-13,16H2,1,3H3,(H,25,27,28,29). The smallest absolute Gasteiger partial charge is 0.188 e. The van der Waals surface area contributed by atoms with E-state index < -0.39 is 0 Å². The first-order valence-corrected chi connectivity index (χ1v) is 13.1. The summed E-state index contributed by atoms with van der Waals surface area (Å²) in [5.41, 5.74) is 0.976. The molecule has 4 aliphatic rings. The maximum atomic E-state index is 4.70. The molecule has 9 heteroatoms. The van der Waals surface area contributed by atoms with E-state index >= 15 is 0 Å². The molecule has 4 saturated heterocycles. The molecule has 2 bridgehead atoms. The van der Waals surface area contributed by atoms with Crippen LogP contribution in [0.25, 0.3) is 5.70 Å². The van der Waals surface area contributed by atoms with Crippen molar-refractivity contribution in [2.75, 3.05) is 62.6 Å². The molecule has 0 spiro atoms. The second-order valence-electron chi connectivity index (χ2n) is 9.51. The molecule has 33 heavy (non-hydrogen) atoms. The van der Waals surface area contributed by atoms with Gasteiger partial charge in [0.25, 0.3) is 0 Å². The highest BCUT2D eigenvalue weighted by molar-refractivity contribution is 7.16. The fourth-order valence-corrected chi connectivity index (χ4v) is 6.06. The molecule has 2 aromatic rings. The Hall–Kier alpha value is -2.23. The Bertz CT molecular complexity index is 959. The van der Waals surface area contributed by atoms with E-state index in [2.05, 4.69) is 48.8 Å². The molecule has 6 rings (SSSR count). The number of thiazole rings is 1. The van der Waals surface area contributed by atoms with Crippen molar-refractivity contribution in [2.24, 2.45) is 5.92 Å². The third-order valence-corrected chi connectivity index (χ3v) is 8.09. The van der Waals surface area contributed by atoms with Crippen LogP contribution in [0, 0.1) is 12.8 Å². The van der Waals surface area contributed by atoms with Gasteiger partial charge in [0.15, 0.2) is 5.13 Å². The number of nitrogens with one attached hydrogen (secondary N) is 2. The molecule has 0 radical (unpaired) electrons. The zero-order valence-corrected chi connectivity index (χ0v) is 20.7. The van der Waals surface area contributed by atoms with Crippen molar-refractivity contribution in [1.29, 1.82) is 0 Å². The van der Waals surface area contributed by atoms with E-state index in [0.717, 1.165) is 71.8 Å². The number of hydrogen-bond acceptors (Lipinski definition) is 9. The summed E-state index contributed by atoms with van der Waals surface area (Å²) in [4.78, 5) is 22.4. The van der Waals surface area contributed by atoms with Gasteiger partial charge in [-0.1, -0.05) is 24.8 Å². The fraction of sp³-hybridized carbons (Fsp3) is 0.625. The number of piperazine rings is 1. The third-order valence-electron chi connectivity index (χ3n) is 7.11. The summed E-state index contributed by atoms with van der Waals surface area (Å²) in [6, 6.07) is 2.55. The molecule has 178 valence electrons. The zero-order valence-electron chi connectivity index (χ0n) is 19.9. The van der Waals surface area contributed by atoms with E-state index in [0.29, 0.717) is 6.04 Å². The lowest BCUT2D eigenvalue weighted by atomic mass is 9.84. The molecular formula is C24H36N8S. The van der Waals surface area contributed by atoms with Crippen LogP contribution in [0.3, 0.4) is 0 Å². The summed E-state index contributed by atoms with van der Waals surface area (Å²) >= 11 is 1.62. The van der Waals surface area contributed by atoms with Crippen molar-refractivity contribution in [1.82, 2.24) is 30.1 Å². The first kappa shape index (κ1) is 22.6. The Morgan fingerprint density at radius 1 is 1.15 bits per heavy atom. The Labute approximate surface area is 201 Å². The summed E-state index contributed by atoms with van der Waals surface area (Å²) in [6.07, 6.45) is 5.71. The third kappa shape index (κ3) is 5.31. The average Bonchev–Trinajstić information content (AvgIpc) is 3.29. The van der Waals surface area contributed by atoms with Crippen molar-refractivity contribution in [2.45, 2.75) is 39.2 Å². The van der Waals surface area contributed by atoms with Crippen LogP contribution in [0.4, 0.5) is 16.8 Å². The first-order valence-electron chi connectivity index (χ1n) is 12.3. The van der Waals surface area contributed by atoms with Gasteiger partial charge in [0.1, 0.15) is 17.5 Å². The highest BCUT2D eigenvalue weighted by Crippen LogP contribution is 2.31.